The molecule has 3 nitrogen and oxygen atoms in total. The highest BCUT2D eigenvalue weighted by molar-refractivity contribution is 5.94. The fourth-order valence-corrected chi connectivity index (χ4v) is 4.84. The number of anilines is 1. The van der Waals surface area contributed by atoms with Crippen molar-refractivity contribution < 1.29 is 4.79 Å². The summed E-state index contributed by atoms with van der Waals surface area (Å²) in [5, 5.41) is 3.21. The van der Waals surface area contributed by atoms with E-state index in [2.05, 4.69) is 23.5 Å². The smallest absolute Gasteiger partial charge is 0.229 e. The minimum absolute atomic E-state index is 0. The second-order valence-corrected chi connectivity index (χ2v) is 7.08. The number of amides is 1. The van der Waals surface area contributed by atoms with Gasteiger partial charge in [0.15, 0.2) is 0 Å². The highest BCUT2D eigenvalue weighted by Crippen LogP contribution is 2.48. The molecular formula is C18H25ClN2O. The van der Waals surface area contributed by atoms with Gasteiger partial charge in [-0.1, -0.05) is 12.1 Å². The Labute approximate surface area is 138 Å². The van der Waals surface area contributed by atoms with Crippen molar-refractivity contribution in [3.05, 3.63) is 29.3 Å². The van der Waals surface area contributed by atoms with Crippen molar-refractivity contribution in [2.24, 2.45) is 23.5 Å². The molecule has 0 spiro atoms. The molecule has 2 saturated carbocycles. The number of rotatable bonds is 2. The van der Waals surface area contributed by atoms with Crippen molar-refractivity contribution in [3.63, 3.8) is 0 Å². The van der Waals surface area contributed by atoms with E-state index < -0.39 is 0 Å². The number of halogens is 1. The summed E-state index contributed by atoms with van der Waals surface area (Å²) in [5.74, 6) is 1.29. The van der Waals surface area contributed by atoms with Crippen molar-refractivity contribution >= 4 is 24.0 Å². The number of carbonyl (C=O) groups is 1. The zero-order chi connectivity index (χ0) is 14.4. The topological polar surface area (TPSA) is 55.1 Å². The second kappa shape index (κ2) is 6.21. The van der Waals surface area contributed by atoms with Gasteiger partial charge >= 0.3 is 0 Å². The molecule has 0 saturated heterocycles. The number of benzene rings is 1. The van der Waals surface area contributed by atoms with Crippen LogP contribution >= 0.6 is 12.4 Å². The van der Waals surface area contributed by atoms with E-state index in [1.165, 1.54) is 36.8 Å². The molecule has 0 aromatic heterocycles. The molecule has 1 aromatic rings. The molecule has 0 aliphatic heterocycles. The minimum atomic E-state index is 0. The third-order valence-corrected chi connectivity index (χ3v) is 5.94. The van der Waals surface area contributed by atoms with E-state index in [-0.39, 0.29) is 30.3 Å². The number of carbonyl (C=O) groups excluding carboxylic acids is 1. The SMILES string of the molecule is Cl.NC1C2CCC(C2)C1C(=O)Nc1cccc2c1CCCC2. The van der Waals surface area contributed by atoms with Crippen molar-refractivity contribution in [2.75, 3.05) is 5.32 Å². The van der Waals surface area contributed by atoms with E-state index in [1.807, 2.05) is 0 Å². The first-order valence-corrected chi connectivity index (χ1v) is 8.41. The number of nitrogens with one attached hydrogen (secondary N) is 1. The lowest BCUT2D eigenvalue weighted by molar-refractivity contribution is -0.121. The van der Waals surface area contributed by atoms with Crippen LogP contribution in [0, 0.1) is 17.8 Å². The Bertz CT molecular complexity index is 572. The first-order chi connectivity index (χ1) is 10.2. The Balaban J connectivity index is 0.00000144. The number of fused-ring (bicyclic) bond motifs is 3. The zero-order valence-corrected chi connectivity index (χ0v) is 13.7. The summed E-state index contributed by atoms with van der Waals surface area (Å²) in [7, 11) is 0. The fraction of sp³-hybridized carbons (Fsp3) is 0.611. The highest BCUT2D eigenvalue weighted by Gasteiger charge is 2.49. The predicted octanol–water partition coefficient (Wildman–Crippen LogP) is 3.30. The van der Waals surface area contributed by atoms with Gasteiger partial charge in [-0.05, 0) is 74.0 Å². The van der Waals surface area contributed by atoms with Gasteiger partial charge in [-0.25, -0.2) is 0 Å². The largest absolute Gasteiger partial charge is 0.327 e. The van der Waals surface area contributed by atoms with E-state index in [9.17, 15) is 4.79 Å². The Morgan fingerprint density at radius 1 is 1.14 bits per heavy atom. The lowest BCUT2D eigenvalue weighted by atomic mass is 9.84. The molecule has 4 unspecified atom stereocenters. The van der Waals surface area contributed by atoms with Crippen molar-refractivity contribution in [3.8, 4) is 0 Å². The Hall–Kier alpha value is -1.06. The Kier molecular flexibility index (Phi) is 4.47. The molecule has 0 heterocycles. The third-order valence-electron chi connectivity index (χ3n) is 5.94. The summed E-state index contributed by atoms with van der Waals surface area (Å²) in [6, 6.07) is 6.40. The zero-order valence-electron chi connectivity index (χ0n) is 12.9. The molecule has 0 radical (unpaired) electrons. The average molecular weight is 321 g/mol. The summed E-state index contributed by atoms with van der Waals surface area (Å²) in [4.78, 5) is 12.7. The predicted molar refractivity (Wildman–Crippen MR) is 91.3 cm³/mol. The Morgan fingerprint density at radius 3 is 2.68 bits per heavy atom. The summed E-state index contributed by atoms with van der Waals surface area (Å²) in [5.41, 5.74) is 10.1. The van der Waals surface area contributed by atoms with Crippen LogP contribution in [0.4, 0.5) is 5.69 Å². The average Bonchev–Trinajstić information content (AvgIpc) is 3.08. The lowest BCUT2D eigenvalue weighted by Gasteiger charge is -2.28. The van der Waals surface area contributed by atoms with Gasteiger partial charge in [0.1, 0.15) is 0 Å². The Morgan fingerprint density at radius 2 is 1.91 bits per heavy atom. The molecule has 4 atom stereocenters. The number of hydrogen-bond donors (Lipinski definition) is 2. The van der Waals surface area contributed by atoms with E-state index >= 15 is 0 Å². The van der Waals surface area contributed by atoms with Crippen molar-refractivity contribution in [2.45, 2.75) is 51.0 Å². The van der Waals surface area contributed by atoms with E-state index in [0.717, 1.165) is 24.9 Å². The maximum Gasteiger partial charge on any atom is 0.229 e. The molecule has 2 fully saturated rings. The van der Waals surface area contributed by atoms with Crippen LogP contribution in [0.2, 0.25) is 0 Å². The minimum Gasteiger partial charge on any atom is -0.327 e. The second-order valence-electron chi connectivity index (χ2n) is 7.08. The lowest BCUT2D eigenvalue weighted by Crippen LogP contribution is -2.42. The first kappa shape index (κ1) is 15.8. The molecule has 2 bridgehead atoms. The van der Waals surface area contributed by atoms with Crippen LogP contribution in [0.1, 0.15) is 43.2 Å². The van der Waals surface area contributed by atoms with Gasteiger partial charge in [0.05, 0.1) is 5.92 Å². The summed E-state index contributed by atoms with van der Waals surface area (Å²) in [6.07, 6.45) is 8.29. The quantitative estimate of drug-likeness (QED) is 0.878. The molecule has 3 N–H and O–H groups in total. The molecular weight excluding hydrogens is 296 g/mol. The van der Waals surface area contributed by atoms with Crippen LogP contribution in [0.5, 0.6) is 0 Å². The van der Waals surface area contributed by atoms with Gasteiger partial charge in [-0.15, -0.1) is 12.4 Å². The third kappa shape index (κ3) is 2.55. The van der Waals surface area contributed by atoms with Gasteiger partial charge in [-0.3, -0.25) is 4.79 Å². The van der Waals surface area contributed by atoms with E-state index in [0.29, 0.717) is 11.8 Å². The number of nitrogens with two attached hydrogens (primary N) is 1. The summed E-state index contributed by atoms with van der Waals surface area (Å²) in [6.45, 7) is 0. The van der Waals surface area contributed by atoms with Crippen LogP contribution in [0.15, 0.2) is 18.2 Å². The van der Waals surface area contributed by atoms with Crippen molar-refractivity contribution in [1.29, 1.82) is 0 Å². The molecule has 4 rings (SSSR count). The van der Waals surface area contributed by atoms with Crippen LogP contribution in [-0.4, -0.2) is 11.9 Å². The van der Waals surface area contributed by atoms with Gasteiger partial charge in [0, 0.05) is 11.7 Å². The molecule has 3 aliphatic rings. The molecule has 1 amide bonds. The normalized spacial score (nSPS) is 32.2. The van der Waals surface area contributed by atoms with Crippen LogP contribution in [-0.2, 0) is 17.6 Å². The molecule has 3 aliphatic carbocycles. The van der Waals surface area contributed by atoms with Gasteiger partial charge < -0.3 is 11.1 Å². The van der Waals surface area contributed by atoms with Crippen LogP contribution in [0.3, 0.4) is 0 Å². The maximum atomic E-state index is 12.7. The van der Waals surface area contributed by atoms with Gasteiger partial charge in [-0.2, -0.15) is 0 Å². The number of hydrogen-bond acceptors (Lipinski definition) is 2. The van der Waals surface area contributed by atoms with E-state index in [1.54, 1.807) is 0 Å². The standard InChI is InChI=1S/C18H24N2O.ClH/c19-17-13-9-8-12(10-13)16(17)18(21)20-15-7-3-5-11-4-1-2-6-14(11)15;/h3,5,7,12-13,16-17H,1-2,4,6,8-10,19H2,(H,20,21);1H. The molecule has 4 heteroatoms. The fourth-order valence-electron chi connectivity index (χ4n) is 4.84. The van der Waals surface area contributed by atoms with Gasteiger partial charge in [0.25, 0.3) is 0 Å². The summed E-state index contributed by atoms with van der Waals surface area (Å²) < 4.78 is 0. The summed E-state index contributed by atoms with van der Waals surface area (Å²) >= 11 is 0. The molecule has 120 valence electrons. The van der Waals surface area contributed by atoms with Crippen LogP contribution < -0.4 is 11.1 Å². The molecule has 1 aromatic carbocycles. The first-order valence-electron chi connectivity index (χ1n) is 8.41. The highest BCUT2D eigenvalue weighted by atomic mass is 35.5. The van der Waals surface area contributed by atoms with Crippen molar-refractivity contribution in [1.82, 2.24) is 0 Å². The monoisotopic (exact) mass is 320 g/mol. The van der Waals surface area contributed by atoms with Crippen LogP contribution in [0.25, 0.3) is 0 Å². The van der Waals surface area contributed by atoms with Gasteiger partial charge in [0.2, 0.25) is 5.91 Å². The number of aryl methyl sites for hydroxylation is 1. The van der Waals surface area contributed by atoms with E-state index in [4.69, 9.17) is 5.73 Å². The molecule has 22 heavy (non-hydrogen) atoms. The maximum absolute atomic E-state index is 12.7.